The standard InChI is InChI=1S/C5H6F2O3/c1-2-3(8)5(6,7)4(9)10/h2-3,8H,1H2,(H,9,10). The van der Waals surface area contributed by atoms with Crippen molar-refractivity contribution in [2.45, 2.75) is 12.0 Å². The van der Waals surface area contributed by atoms with Crippen LogP contribution in [0.3, 0.4) is 0 Å². The Kier molecular flexibility index (Phi) is 2.48. The Morgan fingerprint density at radius 2 is 2.10 bits per heavy atom. The van der Waals surface area contributed by atoms with Crippen molar-refractivity contribution in [3.63, 3.8) is 0 Å². The van der Waals surface area contributed by atoms with Gasteiger partial charge in [0.15, 0.2) is 0 Å². The van der Waals surface area contributed by atoms with Gasteiger partial charge in [-0.1, -0.05) is 6.08 Å². The lowest BCUT2D eigenvalue weighted by Gasteiger charge is -2.13. The van der Waals surface area contributed by atoms with E-state index in [2.05, 4.69) is 6.58 Å². The van der Waals surface area contributed by atoms with Crippen molar-refractivity contribution in [3.8, 4) is 0 Å². The van der Waals surface area contributed by atoms with Gasteiger partial charge in [-0.05, 0) is 0 Å². The summed E-state index contributed by atoms with van der Waals surface area (Å²) in [6.07, 6.45) is -1.86. The number of carboxylic acids is 1. The molecule has 0 saturated heterocycles. The summed E-state index contributed by atoms with van der Waals surface area (Å²) in [5.74, 6) is -6.50. The molecule has 5 heteroatoms. The van der Waals surface area contributed by atoms with Crippen molar-refractivity contribution >= 4 is 5.97 Å². The molecule has 1 unspecified atom stereocenters. The van der Waals surface area contributed by atoms with Crippen molar-refractivity contribution in [3.05, 3.63) is 12.7 Å². The molecule has 0 amide bonds. The van der Waals surface area contributed by atoms with E-state index in [4.69, 9.17) is 10.2 Å². The van der Waals surface area contributed by atoms with Crippen LogP contribution < -0.4 is 0 Å². The molecule has 0 bridgehead atoms. The normalized spacial score (nSPS) is 14.3. The number of alkyl halides is 2. The molecule has 0 aromatic heterocycles. The smallest absolute Gasteiger partial charge is 0.377 e. The number of aliphatic hydroxyl groups excluding tert-OH is 1. The SMILES string of the molecule is C=CC(O)C(F)(F)C(=O)O. The van der Waals surface area contributed by atoms with Crippen molar-refractivity contribution < 1.29 is 23.8 Å². The molecule has 1 atom stereocenters. The second-order valence-electron chi connectivity index (χ2n) is 1.61. The summed E-state index contributed by atoms with van der Waals surface area (Å²) in [7, 11) is 0. The van der Waals surface area contributed by atoms with E-state index >= 15 is 0 Å². The highest BCUT2D eigenvalue weighted by atomic mass is 19.3. The zero-order chi connectivity index (χ0) is 8.36. The van der Waals surface area contributed by atoms with Crippen LogP contribution in [0.15, 0.2) is 12.7 Å². The minimum Gasteiger partial charge on any atom is -0.477 e. The molecule has 0 saturated carbocycles. The lowest BCUT2D eigenvalue weighted by molar-refractivity contribution is -0.176. The molecule has 0 aromatic rings. The lowest BCUT2D eigenvalue weighted by atomic mass is 10.2. The second-order valence-corrected chi connectivity index (χ2v) is 1.61. The Hall–Kier alpha value is -0.970. The Balaban J connectivity index is 4.38. The summed E-state index contributed by atoms with van der Waals surface area (Å²) >= 11 is 0. The van der Waals surface area contributed by atoms with Crippen molar-refractivity contribution in [1.82, 2.24) is 0 Å². The van der Waals surface area contributed by atoms with Crippen LogP contribution in [0.1, 0.15) is 0 Å². The highest BCUT2D eigenvalue weighted by Gasteiger charge is 2.45. The number of carboxylic acid groups (broad SMARTS) is 1. The first-order valence-corrected chi connectivity index (χ1v) is 2.34. The Labute approximate surface area is 55.6 Å². The third kappa shape index (κ3) is 1.51. The van der Waals surface area contributed by atoms with Crippen molar-refractivity contribution in [2.24, 2.45) is 0 Å². The first kappa shape index (κ1) is 9.03. The minimum atomic E-state index is -4.14. The van der Waals surface area contributed by atoms with Crippen LogP contribution in [0, 0.1) is 0 Å². The van der Waals surface area contributed by atoms with Crippen LogP contribution in [0.5, 0.6) is 0 Å². The molecular formula is C5H6F2O3. The third-order valence-corrected chi connectivity index (χ3v) is 0.880. The van der Waals surface area contributed by atoms with E-state index in [9.17, 15) is 13.6 Å². The van der Waals surface area contributed by atoms with E-state index in [-0.39, 0.29) is 0 Å². The molecule has 3 nitrogen and oxygen atoms in total. The zero-order valence-electron chi connectivity index (χ0n) is 4.92. The molecule has 2 N–H and O–H groups in total. The van der Waals surface area contributed by atoms with Crippen molar-refractivity contribution in [1.29, 1.82) is 0 Å². The fourth-order valence-electron chi connectivity index (χ4n) is 0.275. The molecule has 58 valence electrons. The monoisotopic (exact) mass is 152 g/mol. The summed E-state index contributed by atoms with van der Waals surface area (Å²) in [6.45, 7) is 2.82. The first-order valence-electron chi connectivity index (χ1n) is 2.34. The van der Waals surface area contributed by atoms with E-state index in [1.807, 2.05) is 0 Å². The average Bonchev–Trinajstić information content (AvgIpc) is 1.86. The summed E-state index contributed by atoms with van der Waals surface area (Å²) in [5, 5.41) is 16.1. The molecule has 10 heavy (non-hydrogen) atoms. The molecule has 0 aliphatic heterocycles. The van der Waals surface area contributed by atoms with E-state index in [0.29, 0.717) is 6.08 Å². The summed E-state index contributed by atoms with van der Waals surface area (Å²) in [6, 6.07) is 0. The molecule has 0 fully saturated rings. The van der Waals surface area contributed by atoms with Gasteiger partial charge in [-0.15, -0.1) is 6.58 Å². The Morgan fingerprint density at radius 3 is 2.20 bits per heavy atom. The number of hydrogen-bond acceptors (Lipinski definition) is 2. The van der Waals surface area contributed by atoms with Gasteiger partial charge in [-0.25, -0.2) is 4.79 Å². The van der Waals surface area contributed by atoms with Crippen LogP contribution in [-0.4, -0.2) is 28.2 Å². The zero-order valence-corrected chi connectivity index (χ0v) is 4.92. The maximum Gasteiger partial charge on any atom is 0.377 e. The van der Waals surface area contributed by atoms with Crippen LogP contribution in [0.25, 0.3) is 0 Å². The van der Waals surface area contributed by atoms with Crippen molar-refractivity contribution in [2.75, 3.05) is 0 Å². The maximum atomic E-state index is 12.0. The van der Waals surface area contributed by atoms with Gasteiger partial charge in [0, 0.05) is 0 Å². The molecule has 0 rings (SSSR count). The van der Waals surface area contributed by atoms with E-state index in [0.717, 1.165) is 0 Å². The number of rotatable bonds is 3. The molecule has 0 heterocycles. The van der Waals surface area contributed by atoms with Gasteiger partial charge >= 0.3 is 11.9 Å². The summed E-state index contributed by atoms with van der Waals surface area (Å²) in [5.41, 5.74) is 0. The van der Waals surface area contributed by atoms with E-state index in [1.165, 1.54) is 0 Å². The highest BCUT2D eigenvalue weighted by Crippen LogP contribution is 2.18. The van der Waals surface area contributed by atoms with E-state index in [1.54, 1.807) is 0 Å². The molecule has 0 aliphatic carbocycles. The molecule has 0 radical (unpaired) electrons. The predicted molar refractivity (Wildman–Crippen MR) is 28.8 cm³/mol. The van der Waals surface area contributed by atoms with Gasteiger partial charge in [0.2, 0.25) is 0 Å². The van der Waals surface area contributed by atoms with Crippen LogP contribution >= 0.6 is 0 Å². The minimum absolute atomic E-state index is 0.466. The van der Waals surface area contributed by atoms with Crippen LogP contribution in [0.2, 0.25) is 0 Å². The van der Waals surface area contributed by atoms with Gasteiger partial charge < -0.3 is 10.2 Å². The van der Waals surface area contributed by atoms with E-state index < -0.39 is 18.0 Å². The quantitative estimate of drug-likeness (QED) is 0.570. The Bertz CT molecular complexity index is 155. The van der Waals surface area contributed by atoms with Gasteiger partial charge in [-0.2, -0.15) is 8.78 Å². The van der Waals surface area contributed by atoms with Crippen LogP contribution in [-0.2, 0) is 4.79 Å². The molecule has 0 spiro atoms. The van der Waals surface area contributed by atoms with Gasteiger partial charge in [0.05, 0.1) is 0 Å². The third-order valence-electron chi connectivity index (χ3n) is 0.880. The molecular weight excluding hydrogens is 146 g/mol. The van der Waals surface area contributed by atoms with Gasteiger partial charge in [-0.3, -0.25) is 0 Å². The molecule has 0 aliphatic rings. The fourth-order valence-corrected chi connectivity index (χ4v) is 0.275. The predicted octanol–water partition coefficient (Wildman–Crippen LogP) is 0.253. The molecule has 0 aromatic carbocycles. The number of carbonyl (C=O) groups is 1. The maximum absolute atomic E-state index is 12.0. The highest BCUT2D eigenvalue weighted by molar-refractivity contribution is 5.76. The number of aliphatic carboxylic acids is 1. The average molecular weight is 152 g/mol. The second kappa shape index (κ2) is 2.74. The largest absolute Gasteiger partial charge is 0.477 e. The number of aliphatic hydroxyl groups is 1. The number of hydrogen-bond donors (Lipinski definition) is 2. The van der Waals surface area contributed by atoms with Gasteiger partial charge in [0.25, 0.3) is 0 Å². The first-order chi connectivity index (χ1) is 4.42. The Morgan fingerprint density at radius 1 is 1.70 bits per heavy atom. The topological polar surface area (TPSA) is 57.5 Å². The number of halogens is 2. The fraction of sp³-hybridized carbons (Fsp3) is 0.400. The summed E-state index contributed by atoms with van der Waals surface area (Å²) < 4.78 is 24.0. The van der Waals surface area contributed by atoms with Crippen LogP contribution in [0.4, 0.5) is 8.78 Å². The van der Waals surface area contributed by atoms with Gasteiger partial charge in [0.1, 0.15) is 6.10 Å². The summed E-state index contributed by atoms with van der Waals surface area (Å²) in [4.78, 5) is 9.66. The lowest BCUT2D eigenvalue weighted by Crippen LogP contribution is -2.39.